The normalized spacial score (nSPS) is 34.7. The van der Waals surface area contributed by atoms with Crippen molar-refractivity contribution in [2.75, 3.05) is 0 Å². The molecule has 1 aliphatic carbocycles. The van der Waals surface area contributed by atoms with E-state index in [9.17, 15) is 8.42 Å². The van der Waals surface area contributed by atoms with Crippen LogP contribution in [0.25, 0.3) is 0 Å². The average Bonchev–Trinajstić information content (AvgIpc) is 2.72. The summed E-state index contributed by atoms with van der Waals surface area (Å²) < 4.78 is 31.9. The van der Waals surface area contributed by atoms with Gasteiger partial charge in [-0.2, -0.15) is 8.42 Å². The third-order valence-corrected chi connectivity index (χ3v) is 4.36. The largest absolute Gasteiger partial charge is 0.400 e. The molecular weight excluding hydrogens is 240 g/mol. The van der Waals surface area contributed by atoms with Gasteiger partial charge in [0.15, 0.2) is 0 Å². The Morgan fingerprint density at radius 2 is 1.65 bits per heavy atom. The van der Waals surface area contributed by atoms with Crippen LogP contribution in [0.4, 0.5) is 0 Å². The fourth-order valence-electron chi connectivity index (χ4n) is 2.70. The molecule has 2 fully saturated rings. The Hall–Kier alpha value is -0.910. The maximum Gasteiger partial charge on any atom is 0.400 e. The molecule has 4 nitrogen and oxygen atoms in total. The first-order valence-electron chi connectivity index (χ1n) is 5.78. The molecule has 17 heavy (non-hydrogen) atoms. The molecule has 92 valence electrons. The number of rotatable bonds is 2. The summed E-state index contributed by atoms with van der Waals surface area (Å²) in [4.78, 5) is 0. The van der Waals surface area contributed by atoms with E-state index in [1.54, 1.807) is 0 Å². The predicted octanol–water partition coefficient (Wildman–Crippen LogP) is 1.67. The van der Waals surface area contributed by atoms with Crippen molar-refractivity contribution in [1.82, 2.24) is 0 Å². The van der Waals surface area contributed by atoms with Crippen molar-refractivity contribution in [3.63, 3.8) is 0 Å². The van der Waals surface area contributed by atoms with Crippen molar-refractivity contribution in [1.29, 1.82) is 0 Å². The minimum absolute atomic E-state index is 0.270. The van der Waals surface area contributed by atoms with Gasteiger partial charge in [0, 0.05) is 0 Å². The maximum absolute atomic E-state index is 11.1. The number of hydrogen-bond donors (Lipinski definition) is 0. The third kappa shape index (κ3) is 2.36. The number of fused-ring (bicyclic) bond motifs is 1. The summed E-state index contributed by atoms with van der Waals surface area (Å²) in [5.74, 6) is 0.447. The molecule has 3 rings (SSSR count). The van der Waals surface area contributed by atoms with E-state index in [4.69, 9.17) is 8.37 Å². The van der Waals surface area contributed by atoms with Crippen molar-refractivity contribution in [3.8, 4) is 0 Å². The molecular formula is C12H14O4S. The molecule has 0 N–H and O–H groups in total. The first kappa shape index (κ1) is 11.2. The fraction of sp³-hybridized carbons (Fsp3) is 0.500. The molecule has 0 radical (unpaired) electrons. The lowest BCUT2D eigenvalue weighted by atomic mass is 9.98. The molecule has 2 aliphatic rings. The van der Waals surface area contributed by atoms with Crippen LogP contribution in [0.15, 0.2) is 30.3 Å². The van der Waals surface area contributed by atoms with Gasteiger partial charge >= 0.3 is 10.4 Å². The van der Waals surface area contributed by atoms with Crippen LogP contribution < -0.4 is 0 Å². The van der Waals surface area contributed by atoms with Crippen molar-refractivity contribution < 1.29 is 16.8 Å². The molecule has 3 atom stereocenters. The van der Waals surface area contributed by atoms with Gasteiger partial charge in [-0.3, -0.25) is 0 Å². The maximum atomic E-state index is 11.1. The first-order valence-corrected chi connectivity index (χ1v) is 7.11. The number of benzene rings is 1. The smallest absolute Gasteiger partial charge is 0.242 e. The summed E-state index contributed by atoms with van der Waals surface area (Å²) in [5.41, 5.74) is 1.28. The van der Waals surface area contributed by atoms with E-state index in [2.05, 4.69) is 12.1 Å². The van der Waals surface area contributed by atoms with Gasteiger partial charge < -0.3 is 0 Å². The molecule has 0 amide bonds. The molecule has 1 aromatic rings. The molecule has 1 saturated heterocycles. The second kappa shape index (κ2) is 4.08. The SMILES string of the molecule is O=S1(=O)O[C@H]2CC(Cc3ccccc3)C[C@H]2O1. The molecule has 0 aromatic heterocycles. The molecule has 1 aromatic carbocycles. The number of hydrogen-bond acceptors (Lipinski definition) is 4. The van der Waals surface area contributed by atoms with Gasteiger partial charge in [0.2, 0.25) is 0 Å². The lowest BCUT2D eigenvalue weighted by Gasteiger charge is -2.10. The van der Waals surface area contributed by atoms with E-state index >= 15 is 0 Å². The van der Waals surface area contributed by atoms with Crippen molar-refractivity contribution >= 4 is 10.4 Å². The zero-order valence-corrected chi connectivity index (χ0v) is 10.1. The van der Waals surface area contributed by atoms with E-state index in [1.165, 1.54) is 5.56 Å². The van der Waals surface area contributed by atoms with Crippen molar-refractivity contribution in [2.24, 2.45) is 5.92 Å². The summed E-state index contributed by atoms with van der Waals surface area (Å²) in [6.07, 6.45) is 1.94. The zero-order chi connectivity index (χ0) is 11.9. The van der Waals surface area contributed by atoms with Crippen LogP contribution >= 0.6 is 0 Å². The third-order valence-electron chi connectivity index (χ3n) is 3.40. The van der Waals surface area contributed by atoms with E-state index in [0.717, 1.165) is 19.3 Å². The molecule has 1 saturated carbocycles. The van der Waals surface area contributed by atoms with Crippen LogP contribution in [0.5, 0.6) is 0 Å². The van der Waals surface area contributed by atoms with Crippen LogP contribution in [0.2, 0.25) is 0 Å². The van der Waals surface area contributed by atoms with Crippen LogP contribution in [0.1, 0.15) is 18.4 Å². The Labute approximate surface area is 101 Å². The average molecular weight is 254 g/mol. The van der Waals surface area contributed by atoms with E-state index in [-0.39, 0.29) is 12.2 Å². The summed E-state index contributed by atoms with van der Waals surface area (Å²) in [7, 11) is -3.70. The second-order valence-electron chi connectivity index (χ2n) is 4.70. The van der Waals surface area contributed by atoms with Crippen LogP contribution in [-0.4, -0.2) is 20.6 Å². The Kier molecular flexibility index (Phi) is 2.69. The standard InChI is InChI=1S/C12H14O4S/c13-17(14)15-11-7-10(8-12(11)16-17)6-9-4-2-1-3-5-9/h1-5,10-12H,6-8H2/t10?,11-,12+. The van der Waals surface area contributed by atoms with E-state index in [0.29, 0.717) is 5.92 Å². The molecule has 1 heterocycles. The minimum Gasteiger partial charge on any atom is -0.242 e. The minimum atomic E-state index is -3.70. The lowest BCUT2D eigenvalue weighted by molar-refractivity contribution is 0.187. The van der Waals surface area contributed by atoms with Gasteiger partial charge in [0.05, 0.1) is 0 Å². The van der Waals surface area contributed by atoms with E-state index < -0.39 is 10.4 Å². The van der Waals surface area contributed by atoms with Crippen LogP contribution in [0.3, 0.4) is 0 Å². The second-order valence-corrected chi connectivity index (χ2v) is 5.91. The van der Waals surface area contributed by atoms with Crippen molar-refractivity contribution in [3.05, 3.63) is 35.9 Å². The van der Waals surface area contributed by atoms with Crippen LogP contribution in [0, 0.1) is 5.92 Å². The molecule has 0 spiro atoms. The van der Waals surface area contributed by atoms with Crippen molar-refractivity contribution in [2.45, 2.75) is 31.5 Å². The van der Waals surface area contributed by atoms with Gasteiger partial charge in [-0.15, -0.1) is 0 Å². The first-order chi connectivity index (χ1) is 8.12. The Balaban J connectivity index is 1.64. The topological polar surface area (TPSA) is 52.6 Å². The molecule has 5 heteroatoms. The summed E-state index contributed by atoms with van der Waals surface area (Å²) in [6.45, 7) is 0. The fourth-order valence-corrected chi connectivity index (χ4v) is 3.75. The van der Waals surface area contributed by atoms with Gasteiger partial charge in [0.25, 0.3) is 0 Å². The van der Waals surface area contributed by atoms with Gasteiger partial charge in [-0.1, -0.05) is 30.3 Å². The highest BCUT2D eigenvalue weighted by Gasteiger charge is 2.46. The predicted molar refractivity (Wildman–Crippen MR) is 61.5 cm³/mol. The Morgan fingerprint density at radius 1 is 1.06 bits per heavy atom. The van der Waals surface area contributed by atoms with Gasteiger partial charge in [-0.25, -0.2) is 8.37 Å². The summed E-state index contributed by atoms with van der Waals surface area (Å²) >= 11 is 0. The van der Waals surface area contributed by atoms with Gasteiger partial charge in [0.1, 0.15) is 12.2 Å². The lowest BCUT2D eigenvalue weighted by Crippen LogP contribution is -2.13. The Morgan fingerprint density at radius 3 is 2.24 bits per heavy atom. The summed E-state index contributed by atoms with van der Waals surface area (Å²) in [5, 5.41) is 0. The van der Waals surface area contributed by atoms with Crippen LogP contribution in [-0.2, 0) is 25.2 Å². The highest BCUT2D eigenvalue weighted by atomic mass is 32.3. The summed E-state index contributed by atoms with van der Waals surface area (Å²) in [6, 6.07) is 10.2. The highest BCUT2D eigenvalue weighted by Crippen LogP contribution is 2.38. The van der Waals surface area contributed by atoms with Gasteiger partial charge in [-0.05, 0) is 30.7 Å². The molecule has 1 aliphatic heterocycles. The molecule has 0 bridgehead atoms. The van der Waals surface area contributed by atoms with E-state index in [1.807, 2.05) is 18.2 Å². The monoisotopic (exact) mass is 254 g/mol. The Bertz CT molecular complexity index is 476. The quantitative estimate of drug-likeness (QED) is 0.805. The molecule has 1 unspecified atom stereocenters. The zero-order valence-electron chi connectivity index (χ0n) is 9.28. The highest BCUT2D eigenvalue weighted by molar-refractivity contribution is 7.82.